The van der Waals surface area contributed by atoms with Gasteiger partial charge in [-0.05, 0) is 37.6 Å². The lowest BCUT2D eigenvalue weighted by molar-refractivity contribution is -0.0380. The summed E-state index contributed by atoms with van der Waals surface area (Å²) in [5.41, 5.74) is 1.17. The maximum Gasteiger partial charge on any atom is 0.290 e. The molecule has 0 aromatic carbocycles. The first-order valence-electron chi connectivity index (χ1n) is 8.36. The molecule has 4 heterocycles. The molecule has 2 atom stereocenters. The number of hydrogen-bond acceptors (Lipinski definition) is 5. The standard InChI is InChI=1S/C18H22N2O4/c1-12-8-14(24-13(12)2)9-19-10-15-17(11-19)23-7-5-20(15)18(21)16-4-3-6-22-16/h3-4,6,8,15,17H,5,7,9-11H2,1-2H3/t15-,17+/m1/s1. The van der Waals surface area contributed by atoms with Crippen LogP contribution in [0.25, 0.3) is 0 Å². The number of hydrogen-bond donors (Lipinski definition) is 0. The van der Waals surface area contributed by atoms with Crippen LogP contribution in [0.3, 0.4) is 0 Å². The molecule has 0 N–H and O–H groups in total. The maximum absolute atomic E-state index is 12.7. The van der Waals surface area contributed by atoms with Crippen LogP contribution in [-0.2, 0) is 11.3 Å². The molecular formula is C18H22N2O4. The molecular weight excluding hydrogens is 308 g/mol. The van der Waals surface area contributed by atoms with Crippen LogP contribution in [0.4, 0.5) is 0 Å². The summed E-state index contributed by atoms with van der Waals surface area (Å²) in [6, 6.07) is 5.61. The van der Waals surface area contributed by atoms with Crippen LogP contribution in [0.15, 0.2) is 33.3 Å². The zero-order valence-corrected chi connectivity index (χ0v) is 14.0. The predicted molar refractivity (Wildman–Crippen MR) is 86.7 cm³/mol. The second-order valence-electron chi connectivity index (χ2n) is 6.60. The van der Waals surface area contributed by atoms with Crippen molar-refractivity contribution in [3.63, 3.8) is 0 Å². The molecule has 0 unspecified atom stereocenters. The average Bonchev–Trinajstić information content (AvgIpc) is 3.27. The van der Waals surface area contributed by atoms with E-state index < -0.39 is 0 Å². The van der Waals surface area contributed by atoms with Crippen LogP contribution < -0.4 is 0 Å². The first kappa shape index (κ1) is 15.5. The molecule has 1 amide bonds. The normalized spacial score (nSPS) is 24.3. The minimum atomic E-state index is -0.0511. The molecule has 0 radical (unpaired) electrons. The molecule has 0 saturated carbocycles. The van der Waals surface area contributed by atoms with Gasteiger partial charge in [0.1, 0.15) is 11.5 Å². The molecule has 24 heavy (non-hydrogen) atoms. The van der Waals surface area contributed by atoms with E-state index in [1.807, 2.05) is 11.8 Å². The van der Waals surface area contributed by atoms with Crippen molar-refractivity contribution in [1.29, 1.82) is 0 Å². The largest absolute Gasteiger partial charge is 0.465 e. The highest BCUT2D eigenvalue weighted by Crippen LogP contribution is 2.26. The maximum atomic E-state index is 12.7. The first-order valence-corrected chi connectivity index (χ1v) is 8.36. The van der Waals surface area contributed by atoms with Crippen molar-refractivity contribution < 1.29 is 18.4 Å². The van der Waals surface area contributed by atoms with E-state index in [0.717, 1.165) is 31.2 Å². The molecule has 2 saturated heterocycles. The molecule has 0 aliphatic carbocycles. The van der Waals surface area contributed by atoms with Crippen molar-refractivity contribution >= 4 is 5.91 Å². The SMILES string of the molecule is Cc1cc(CN2C[C@@H]3OCCN(C(=O)c4ccco4)[C@@H]3C2)oc1C. The smallest absolute Gasteiger partial charge is 0.290 e. The number of likely N-dealkylation sites (tertiary alicyclic amines) is 1. The van der Waals surface area contributed by atoms with Gasteiger partial charge in [0.25, 0.3) is 5.91 Å². The van der Waals surface area contributed by atoms with E-state index in [1.165, 1.54) is 11.8 Å². The molecule has 2 aromatic rings. The molecule has 2 fully saturated rings. The summed E-state index contributed by atoms with van der Waals surface area (Å²) in [5.74, 6) is 2.27. The molecule has 0 bridgehead atoms. The van der Waals surface area contributed by atoms with Gasteiger partial charge in [0, 0.05) is 19.6 Å². The Morgan fingerprint density at radius 1 is 1.33 bits per heavy atom. The zero-order valence-electron chi connectivity index (χ0n) is 14.0. The van der Waals surface area contributed by atoms with Crippen LogP contribution in [0.1, 0.15) is 27.6 Å². The summed E-state index contributed by atoms with van der Waals surface area (Å²) < 4.78 is 17.0. The average molecular weight is 330 g/mol. The number of fused-ring (bicyclic) bond motifs is 1. The summed E-state index contributed by atoms with van der Waals surface area (Å²) in [4.78, 5) is 16.8. The van der Waals surface area contributed by atoms with Crippen LogP contribution in [0.5, 0.6) is 0 Å². The fourth-order valence-electron chi connectivity index (χ4n) is 3.64. The van der Waals surface area contributed by atoms with Crippen molar-refractivity contribution in [2.45, 2.75) is 32.5 Å². The Balaban J connectivity index is 1.47. The van der Waals surface area contributed by atoms with Gasteiger partial charge in [-0.1, -0.05) is 0 Å². The fraction of sp³-hybridized carbons (Fsp3) is 0.500. The first-order chi connectivity index (χ1) is 11.6. The predicted octanol–water partition coefficient (Wildman–Crippen LogP) is 2.21. The summed E-state index contributed by atoms with van der Waals surface area (Å²) in [7, 11) is 0. The number of morpholine rings is 1. The van der Waals surface area contributed by atoms with Gasteiger partial charge in [0.05, 0.1) is 31.6 Å². The topological polar surface area (TPSA) is 59.1 Å². The lowest BCUT2D eigenvalue weighted by Gasteiger charge is -2.36. The van der Waals surface area contributed by atoms with Crippen molar-refractivity contribution in [1.82, 2.24) is 9.80 Å². The minimum Gasteiger partial charge on any atom is -0.465 e. The lowest BCUT2D eigenvalue weighted by atomic mass is 10.1. The van der Waals surface area contributed by atoms with Gasteiger partial charge >= 0.3 is 0 Å². The van der Waals surface area contributed by atoms with E-state index in [2.05, 4.69) is 17.9 Å². The van der Waals surface area contributed by atoms with Crippen LogP contribution in [-0.4, -0.2) is 54.1 Å². The second-order valence-corrected chi connectivity index (χ2v) is 6.60. The second kappa shape index (κ2) is 6.11. The van der Waals surface area contributed by atoms with Crippen molar-refractivity contribution in [2.75, 3.05) is 26.2 Å². The third kappa shape index (κ3) is 2.76. The van der Waals surface area contributed by atoms with Gasteiger partial charge in [-0.2, -0.15) is 0 Å². The monoisotopic (exact) mass is 330 g/mol. The molecule has 6 nitrogen and oxygen atoms in total. The molecule has 4 rings (SSSR count). The molecule has 2 aliphatic heterocycles. The summed E-state index contributed by atoms with van der Waals surface area (Å²) in [6.07, 6.45) is 1.59. The van der Waals surface area contributed by atoms with E-state index in [-0.39, 0.29) is 18.1 Å². The Bertz CT molecular complexity index is 702. The number of furan rings is 2. The van der Waals surface area contributed by atoms with E-state index in [9.17, 15) is 4.79 Å². The molecule has 6 heteroatoms. The van der Waals surface area contributed by atoms with Crippen molar-refractivity contribution in [3.8, 4) is 0 Å². The highest BCUT2D eigenvalue weighted by atomic mass is 16.5. The van der Waals surface area contributed by atoms with Gasteiger partial charge in [-0.15, -0.1) is 0 Å². The Morgan fingerprint density at radius 3 is 2.92 bits per heavy atom. The van der Waals surface area contributed by atoms with Crippen molar-refractivity contribution in [2.24, 2.45) is 0 Å². The number of carbonyl (C=O) groups excluding carboxylic acids is 1. The number of ether oxygens (including phenoxy) is 1. The molecule has 128 valence electrons. The highest BCUT2D eigenvalue weighted by Gasteiger charge is 2.42. The Kier molecular flexibility index (Phi) is 3.94. The third-order valence-electron chi connectivity index (χ3n) is 4.97. The third-order valence-corrected chi connectivity index (χ3v) is 4.97. The fourth-order valence-corrected chi connectivity index (χ4v) is 3.64. The van der Waals surface area contributed by atoms with Gasteiger partial charge in [0.15, 0.2) is 5.76 Å². The van der Waals surface area contributed by atoms with Gasteiger partial charge in [-0.25, -0.2) is 0 Å². The summed E-state index contributed by atoms with van der Waals surface area (Å²) >= 11 is 0. The lowest BCUT2D eigenvalue weighted by Crippen LogP contribution is -2.53. The summed E-state index contributed by atoms with van der Waals surface area (Å²) in [6.45, 7) is 7.55. The Labute approximate surface area is 141 Å². The quantitative estimate of drug-likeness (QED) is 0.864. The van der Waals surface area contributed by atoms with E-state index in [0.29, 0.717) is 18.9 Å². The Hall–Kier alpha value is -2.05. The van der Waals surface area contributed by atoms with Gasteiger partial charge < -0.3 is 18.5 Å². The zero-order chi connectivity index (χ0) is 16.7. The number of nitrogens with zero attached hydrogens (tertiary/aromatic N) is 2. The van der Waals surface area contributed by atoms with Crippen LogP contribution in [0, 0.1) is 13.8 Å². The van der Waals surface area contributed by atoms with Crippen molar-refractivity contribution in [3.05, 3.63) is 47.3 Å². The molecule has 0 spiro atoms. The van der Waals surface area contributed by atoms with Gasteiger partial charge in [-0.3, -0.25) is 9.69 Å². The highest BCUT2D eigenvalue weighted by molar-refractivity contribution is 5.91. The summed E-state index contributed by atoms with van der Waals surface area (Å²) in [5, 5.41) is 0. The van der Waals surface area contributed by atoms with Gasteiger partial charge in [0.2, 0.25) is 0 Å². The molecule has 2 aromatic heterocycles. The number of aryl methyl sites for hydroxylation is 2. The Morgan fingerprint density at radius 2 is 2.21 bits per heavy atom. The van der Waals surface area contributed by atoms with E-state index in [1.54, 1.807) is 12.1 Å². The van der Waals surface area contributed by atoms with Crippen LogP contribution in [0.2, 0.25) is 0 Å². The minimum absolute atomic E-state index is 0.0508. The number of carbonyl (C=O) groups is 1. The number of amides is 1. The van der Waals surface area contributed by atoms with E-state index in [4.69, 9.17) is 13.6 Å². The number of rotatable bonds is 3. The van der Waals surface area contributed by atoms with E-state index >= 15 is 0 Å². The van der Waals surface area contributed by atoms with Crippen LogP contribution >= 0.6 is 0 Å². The molecule has 2 aliphatic rings.